The number of rotatable bonds is 8. The van der Waals surface area contributed by atoms with E-state index in [0.717, 1.165) is 11.4 Å². The van der Waals surface area contributed by atoms with Crippen LogP contribution in [0.15, 0.2) is 53.7 Å². The molecule has 0 aliphatic rings. The van der Waals surface area contributed by atoms with Crippen LogP contribution in [0.1, 0.15) is 24.2 Å². The number of aromatic nitrogens is 3. The van der Waals surface area contributed by atoms with Gasteiger partial charge in [0.25, 0.3) is 0 Å². The molecular formula is C21H21ClN4O3S. The molecule has 0 aliphatic heterocycles. The second-order valence-corrected chi connectivity index (χ2v) is 7.57. The summed E-state index contributed by atoms with van der Waals surface area (Å²) in [5.74, 6) is 0.341. The summed E-state index contributed by atoms with van der Waals surface area (Å²) in [7, 11) is 0. The van der Waals surface area contributed by atoms with Gasteiger partial charge in [0.1, 0.15) is 0 Å². The van der Waals surface area contributed by atoms with Gasteiger partial charge < -0.3 is 14.6 Å². The fourth-order valence-corrected chi connectivity index (χ4v) is 3.65. The van der Waals surface area contributed by atoms with Gasteiger partial charge in [-0.05, 0) is 62.4 Å². The fourth-order valence-electron chi connectivity index (χ4n) is 2.72. The third kappa shape index (κ3) is 5.40. The highest BCUT2D eigenvalue weighted by atomic mass is 35.5. The lowest BCUT2D eigenvalue weighted by molar-refractivity contribution is -0.113. The number of anilines is 1. The molecule has 0 bridgehead atoms. The van der Waals surface area contributed by atoms with E-state index in [1.165, 1.54) is 11.8 Å². The minimum atomic E-state index is -0.388. The Balaban J connectivity index is 1.61. The maximum atomic E-state index is 12.3. The maximum Gasteiger partial charge on any atom is 0.338 e. The zero-order chi connectivity index (χ0) is 21.5. The van der Waals surface area contributed by atoms with Gasteiger partial charge in [-0.2, -0.15) is 0 Å². The van der Waals surface area contributed by atoms with Crippen molar-refractivity contribution in [3.8, 4) is 11.4 Å². The maximum absolute atomic E-state index is 12.3. The summed E-state index contributed by atoms with van der Waals surface area (Å²) in [6.07, 6.45) is 0. The fraction of sp³-hybridized carbons (Fsp3) is 0.238. The van der Waals surface area contributed by atoms with Crippen molar-refractivity contribution >= 4 is 40.9 Å². The molecule has 1 heterocycles. The summed E-state index contributed by atoms with van der Waals surface area (Å²) in [6, 6.07) is 14.0. The molecule has 0 saturated carbocycles. The highest BCUT2D eigenvalue weighted by molar-refractivity contribution is 7.99. The van der Waals surface area contributed by atoms with Gasteiger partial charge in [0.05, 0.1) is 17.9 Å². The molecular weight excluding hydrogens is 424 g/mol. The molecule has 7 nitrogen and oxygen atoms in total. The van der Waals surface area contributed by atoms with Crippen molar-refractivity contribution in [3.05, 3.63) is 59.1 Å². The van der Waals surface area contributed by atoms with Crippen LogP contribution in [-0.2, 0) is 16.1 Å². The first kappa shape index (κ1) is 21.9. The molecule has 0 unspecified atom stereocenters. The SMILES string of the molecule is CCOC(=O)c1ccc(NC(=O)CSc2nnc(-c3ccc(Cl)cc3)n2CC)cc1. The van der Waals surface area contributed by atoms with Crippen LogP contribution in [0.25, 0.3) is 11.4 Å². The number of nitrogens with one attached hydrogen (secondary N) is 1. The first-order valence-corrected chi connectivity index (χ1v) is 10.8. The number of nitrogens with zero attached hydrogens (tertiary/aromatic N) is 3. The number of amides is 1. The van der Waals surface area contributed by atoms with Crippen molar-refractivity contribution in [1.29, 1.82) is 0 Å². The van der Waals surface area contributed by atoms with Gasteiger partial charge >= 0.3 is 5.97 Å². The number of hydrogen-bond acceptors (Lipinski definition) is 6. The van der Waals surface area contributed by atoms with Crippen molar-refractivity contribution in [1.82, 2.24) is 14.8 Å². The van der Waals surface area contributed by atoms with Gasteiger partial charge in [-0.3, -0.25) is 4.79 Å². The molecule has 3 rings (SSSR count). The Hall–Kier alpha value is -2.84. The first-order chi connectivity index (χ1) is 14.5. The molecule has 0 spiro atoms. The third-order valence-corrected chi connectivity index (χ3v) is 5.37. The average molecular weight is 445 g/mol. The molecule has 0 atom stereocenters. The summed E-state index contributed by atoms with van der Waals surface area (Å²) >= 11 is 7.26. The minimum Gasteiger partial charge on any atom is -0.462 e. The monoisotopic (exact) mass is 444 g/mol. The summed E-state index contributed by atoms with van der Waals surface area (Å²) in [5.41, 5.74) is 1.95. The van der Waals surface area contributed by atoms with Gasteiger partial charge in [-0.1, -0.05) is 23.4 Å². The molecule has 3 aromatic rings. The van der Waals surface area contributed by atoms with Crippen molar-refractivity contribution < 1.29 is 14.3 Å². The lowest BCUT2D eigenvalue weighted by Gasteiger charge is -2.08. The number of thioether (sulfide) groups is 1. The Morgan fingerprint density at radius 2 is 1.77 bits per heavy atom. The Bertz CT molecular complexity index is 1020. The molecule has 0 aliphatic carbocycles. The average Bonchev–Trinajstić information content (AvgIpc) is 3.16. The summed E-state index contributed by atoms with van der Waals surface area (Å²) in [5, 5.41) is 12.6. The highest BCUT2D eigenvalue weighted by Crippen LogP contribution is 2.25. The van der Waals surface area contributed by atoms with E-state index >= 15 is 0 Å². The second-order valence-electron chi connectivity index (χ2n) is 6.19. The molecule has 0 radical (unpaired) electrons. The van der Waals surface area contributed by atoms with Crippen molar-refractivity contribution in [2.24, 2.45) is 0 Å². The zero-order valence-electron chi connectivity index (χ0n) is 16.6. The standard InChI is InChI=1S/C21H21ClN4O3S/c1-3-26-19(14-5-9-16(22)10-6-14)24-25-21(26)30-13-18(27)23-17-11-7-15(8-12-17)20(28)29-4-2/h5-12H,3-4,13H2,1-2H3,(H,23,27). The molecule has 9 heteroatoms. The van der Waals surface area contributed by atoms with Crippen molar-refractivity contribution in [2.45, 2.75) is 25.5 Å². The van der Waals surface area contributed by atoms with E-state index in [0.29, 0.717) is 34.6 Å². The van der Waals surface area contributed by atoms with Gasteiger partial charge in [0.15, 0.2) is 11.0 Å². The van der Waals surface area contributed by atoms with E-state index in [9.17, 15) is 9.59 Å². The summed E-state index contributed by atoms with van der Waals surface area (Å²) < 4.78 is 6.90. The molecule has 0 saturated heterocycles. The number of carbonyl (C=O) groups excluding carboxylic acids is 2. The van der Waals surface area contributed by atoms with Crippen LogP contribution in [0.2, 0.25) is 5.02 Å². The number of esters is 1. The van der Waals surface area contributed by atoms with Crippen molar-refractivity contribution in [3.63, 3.8) is 0 Å². The molecule has 0 fully saturated rings. The predicted octanol–water partition coefficient (Wildman–Crippen LogP) is 4.53. The second kappa shape index (κ2) is 10.3. The van der Waals surface area contributed by atoms with E-state index in [4.69, 9.17) is 16.3 Å². The first-order valence-electron chi connectivity index (χ1n) is 9.40. The van der Waals surface area contributed by atoms with Crippen LogP contribution in [0.4, 0.5) is 5.69 Å². The van der Waals surface area contributed by atoms with Crippen LogP contribution >= 0.6 is 23.4 Å². The van der Waals surface area contributed by atoms with Crippen molar-refractivity contribution in [2.75, 3.05) is 17.7 Å². The number of ether oxygens (including phenoxy) is 1. The molecule has 1 N–H and O–H groups in total. The van der Waals surface area contributed by atoms with E-state index < -0.39 is 0 Å². The molecule has 1 amide bonds. The molecule has 156 valence electrons. The van der Waals surface area contributed by atoms with E-state index in [2.05, 4.69) is 15.5 Å². The lowest BCUT2D eigenvalue weighted by Crippen LogP contribution is -2.15. The third-order valence-electron chi connectivity index (χ3n) is 4.15. The van der Waals surface area contributed by atoms with Gasteiger partial charge in [-0.25, -0.2) is 4.79 Å². The van der Waals surface area contributed by atoms with Gasteiger partial charge in [-0.15, -0.1) is 10.2 Å². The van der Waals surface area contributed by atoms with Crippen LogP contribution < -0.4 is 5.32 Å². The predicted molar refractivity (Wildman–Crippen MR) is 118 cm³/mol. The van der Waals surface area contributed by atoms with Crippen LogP contribution in [0.3, 0.4) is 0 Å². The van der Waals surface area contributed by atoms with Crippen LogP contribution in [0.5, 0.6) is 0 Å². The number of benzene rings is 2. The number of hydrogen-bond donors (Lipinski definition) is 1. The Kier molecular flexibility index (Phi) is 7.48. The Labute approximate surface area is 183 Å². The van der Waals surface area contributed by atoms with Crippen LogP contribution in [-0.4, -0.2) is 39.0 Å². The van der Waals surface area contributed by atoms with E-state index in [-0.39, 0.29) is 17.6 Å². The van der Waals surface area contributed by atoms with Gasteiger partial charge in [0, 0.05) is 22.8 Å². The van der Waals surface area contributed by atoms with Gasteiger partial charge in [0.2, 0.25) is 5.91 Å². The summed E-state index contributed by atoms with van der Waals surface area (Å²) in [4.78, 5) is 24.0. The Morgan fingerprint density at radius 3 is 2.40 bits per heavy atom. The molecule has 1 aromatic heterocycles. The topological polar surface area (TPSA) is 86.1 Å². The number of halogens is 1. The number of carbonyl (C=O) groups is 2. The quantitative estimate of drug-likeness (QED) is 0.406. The lowest BCUT2D eigenvalue weighted by atomic mass is 10.2. The minimum absolute atomic E-state index is 0.178. The largest absolute Gasteiger partial charge is 0.462 e. The zero-order valence-corrected chi connectivity index (χ0v) is 18.2. The smallest absolute Gasteiger partial charge is 0.338 e. The molecule has 2 aromatic carbocycles. The normalized spacial score (nSPS) is 10.6. The highest BCUT2D eigenvalue weighted by Gasteiger charge is 2.15. The van der Waals surface area contributed by atoms with E-state index in [1.54, 1.807) is 43.3 Å². The Morgan fingerprint density at radius 1 is 1.07 bits per heavy atom. The molecule has 30 heavy (non-hydrogen) atoms. The van der Waals surface area contributed by atoms with E-state index in [1.807, 2.05) is 23.6 Å². The summed E-state index contributed by atoms with van der Waals surface area (Å²) in [6.45, 7) is 4.74. The van der Waals surface area contributed by atoms with Crippen LogP contribution in [0, 0.1) is 0 Å².